The summed E-state index contributed by atoms with van der Waals surface area (Å²) in [4.78, 5) is 8.13. The second-order valence-electron chi connectivity index (χ2n) is 3.20. The molecule has 0 unspecified atom stereocenters. The lowest BCUT2D eigenvalue weighted by Crippen LogP contribution is -1.89. The van der Waals surface area contributed by atoms with Crippen LogP contribution in [0.5, 0.6) is 0 Å². The highest BCUT2D eigenvalue weighted by Gasteiger charge is 2.02. The molecule has 0 spiro atoms. The molecule has 0 aliphatic carbocycles. The van der Waals surface area contributed by atoms with Gasteiger partial charge in [0.2, 0.25) is 0 Å². The number of hydrogen-bond donors (Lipinski definition) is 0. The number of aryl methyl sites for hydroxylation is 1. The highest BCUT2D eigenvalue weighted by molar-refractivity contribution is 5.63. The zero-order chi connectivity index (χ0) is 10.7. The predicted molar refractivity (Wildman–Crippen MR) is 56.9 cm³/mol. The number of rotatable bonds is 1. The van der Waals surface area contributed by atoms with Crippen molar-refractivity contribution < 1.29 is 0 Å². The molecule has 0 N–H and O–H groups in total. The second-order valence-corrected chi connectivity index (χ2v) is 3.20. The lowest BCUT2D eigenvalue weighted by molar-refractivity contribution is 1.18. The van der Waals surface area contributed by atoms with E-state index in [-0.39, 0.29) is 0 Å². The quantitative estimate of drug-likeness (QED) is 0.701. The molecule has 0 bridgehead atoms. The van der Waals surface area contributed by atoms with Crippen molar-refractivity contribution >= 4 is 0 Å². The van der Waals surface area contributed by atoms with Gasteiger partial charge in [-0.1, -0.05) is 0 Å². The van der Waals surface area contributed by atoms with E-state index in [1.54, 1.807) is 18.6 Å². The molecule has 15 heavy (non-hydrogen) atoms. The van der Waals surface area contributed by atoms with Crippen LogP contribution in [0.15, 0.2) is 36.8 Å². The Labute approximate surface area is 88.1 Å². The van der Waals surface area contributed by atoms with E-state index < -0.39 is 0 Å². The van der Waals surface area contributed by atoms with Crippen molar-refractivity contribution in [2.75, 3.05) is 0 Å². The fourth-order valence-electron chi connectivity index (χ4n) is 1.35. The maximum Gasteiger partial charge on any atom is 0.101 e. The first-order valence-electron chi connectivity index (χ1n) is 4.58. The predicted octanol–water partition coefficient (Wildman–Crippen LogP) is 2.32. The Kier molecular flexibility index (Phi) is 2.42. The highest BCUT2D eigenvalue weighted by Crippen LogP contribution is 2.19. The van der Waals surface area contributed by atoms with E-state index in [9.17, 15) is 0 Å². The van der Waals surface area contributed by atoms with Gasteiger partial charge in [0.05, 0.1) is 11.3 Å². The summed E-state index contributed by atoms with van der Waals surface area (Å²) in [6.07, 6.45) is 5.22. The molecule has 0 saturated heterocycles. The molecule has 3 heteroatoms. The lowest BCUT2D eigenvalue weighted by Gasteiger charge is -2.02. The molecule has 72 valence electrons. The van der Waals surface area contributed by atoms with E-state index in [0.717, 1.165) is 16.8 Å². The fourth-order valence-corrected chi connectivity index (χ4v) is 1.35. The van der Waals surface area contributed by atoms with E-state index in [1.807, 2.05) is 25.1 Å². The summed E-state index contributed by atoms with van der Waals surface area (Å²) < 4.78 is 0. The van der Waals surface area contributed by atoms with Crippen LogP contribution in [0.1, 0.15) is 11.3 Å². The van der Waals surface area contributed by atoms with E-state index >= 15 is 0 Å². The SMILES string of the molecule is Cc1ncc(-c2ccncc2)cc1C#N. The van der Waals surface area contributed by atoms with E-state index in [4.69, 9.17) is 5.26 Å². The minimum atomic E-state index is 0.615. The summed E-state index contributed by atoms with van der Waals surface area (Å²) in [5, 5.41) is 8.89. The van der Waals surface area contributed by atoms with Crippen LogP contribution in [0.25, 0.3) is 11.1 Å². The van der Waals surface area contributed by atoms with Crippen molar-refractivity contribution in [2.24, 2.45) is 0 Å². The largest absolute Gasteiger partial charge is 0.265 e. The van der Waals surface area contributed by atoms with E-state index in [1.165, 1.54) is 0 Å². The van der Waals surface area contributed by atoms with Crippen LogP contribution in [0, 0.1) is 18.3 Å². The van der Waals surface area contributed by atoms with Gasteiger partial charge >= 0.3 is 0 Å². The van der Waals surface area contributed by atoms with Gasteiger partial charge in [-0.3, -0.25) is 9.97 Å². The van der Waals surface area contributed by atoms with Gasteiger partial charge in [-0.25, -0.2) is 0 Å². The fraction of sp³-hybridized carbons (Fsp3) is 0.0833. The average molecular weight is 195 g/mol. The molecule has 0 atom stereocenters. The Morgan fingerprint density at radius 1 is 1.20 bits per heavy atom. The number of hydrogen-bond acceptors (Lipinski definition) is 3. The van der Waals surface area contributed by atoms with E-state index in [0.29, 0.717) is 5.56 Å². The molecule has 0 aromatic carbocycles. The smallest absolute Gasteiger partial charge is 0.101 e. The molecular formula is C12H9N3. The first-order valence-corrected chi connectivity index (χ1v) is 4.58. The Morgan fingerprint density at radius 3 is 2.60 bits per heavy atom. The van der Waals surface area contributed by atoms with Gasteiger partial charge in [-0.05, 0) is 30.7 Å². The van der Waals surface area contributed by atoms with Gasteiger partial charge in [-0.15, -0.1) is 0 Å². The van der Waals surface area contributed by atoms with Crippen molar-refractivity contribution in [3.63, 3.8) is 0 Å². The molecule has 2 heterocycles. The summed E-state index contributed by atoms with van der Waals surface area (Å²) in [6.45, 7) is 1.83. The average Bonchev–Trinajstić information content (AvgIpc) is 2.31. The van der Waals surface area contributed by atoms with Gasteiger partial charge in [0.15, 0.2) is 0 Å². The molecule has 0 aliphatic heterocycles. The van der Waals surface area contributed by atoms with Crippen LogP contribution >= 0.6 is 0 Å². The maximum absolute atomic E-state index is 8.89. The second kappa shape index (κ2) is 3.89. The van der Waals surface area contributed by atoms with Crippen molar-refractivity contribution in [1.29, 1.82) is 5.26 Å². The van der Waals surface area contributed by atoms with Crippen LogP contribution in [0.3, 0.4) is 0 Å². The van der Waals surface area contributed by atoms with Crippen LogP contribution < -0.4 is 0 Å². The molecule has 3 nitrogen and oxygen atoms in total. The van der Waals surface area contributed by atoms with Crippen molar-refractivity contribution in [2.45, 2.75) is 6.92 Å². The monoisotopic (exact) mass is 195 g/mol. The Hall–Kier alpha value is -2.21. The molecule has 0 radical (unpaired) electrons. The number of aromatic nitrogens is 2. The zero-order valence-electron chi connectivity index (χ0n) is 8.31. The lowest BCUT2D eigenvalue weighted by atomic mass is 10.1. The van der Waals surface area contributed by atoms with Gasteiger partial charge in [0.25, 0.3) is 0 Å². The third-order valence-electron chi connectivity index (χ3n) is 2.22. The van der Waals surface area contributed by atoms with Crippen molar-refractivity contribution in [1.82, 2.24) is 9.97 Å². The van der Waals surface area contributed by atoms with Gasteiger partial charge in [0, 0.05) is 24.2 Å². The Balaban J connectivity index is 2.52. The first-order chi connectivity index (χ1) is 7.31. The van der Waals surface area contributed by atoms with Crippen LogP contribution in [-0.4, -0.2) is 9.97 Å². The maximum atomic E-state index is 8.89. The van der Waals surface area contributed by atoms with Gasteiger partial charge in [0.1, 0.15) is 6.07 Å². The zero-order valence-corrected chi connectivity index (χ0v) is 8.31. The standard InChI is InChI=1S/C12H9N3/c1-9-11(7-13)6-12(8-15-9)10-2-4-14-5-3-10/h2-6,8H,1H3. The Morgan fingerprint density at radius 2 is 1.93 bits per heavy atom. The van der Waals surface area contributed by atoms with Crippen LogP contribution in [-0.2, 0) is 0 Å². The third kappa shape index (κ3) is 1.84. The number of nitriles is 1. The highest BCUT2D eigenvalue weighted by atomic mass is 14.7. The summed E-state index contributed by atoms with van der Waals surface area (Å²) in [5.74, 6) is 0. The molecular weight excluding hydrogens is 186 g/mol. The molecule has 0 fully saturated rings. The molecule has 2 aromatic rings. The molecule has 0 saturated carbocycles. The van der Waals surface area contributed by atoms with Gasteiger partial charge in [-0.2, -0.15) is 5.26 Å². The summed E-state index contributed by atoms with van der Waals surface area (Å²) >= 11 is 0. The summed E-state index contributed by atoms with van der Waals surface area (Å²) in [5.41, 5.74) is 3.34. The number of nitrogens with zero attached hydrogens (tertiary/aromatic N) is 3. The van der Waals surface area contributed by atoms with E-state index in [2.05, 4.69) is 16.0 Å². The molecule has 2 aromatic heterocycles. The molecule has 2 rings (SSSR count). The Bertz CT molecular complexity index is 512. The molecule has 0 aliphatic rings. The van der Waals surface area contributed by atoms with Gasteiger partial charge < -0.3 is 0 Å². The van der Waals surface area contributed by atoms with Crippen molar-refractivity contribution in [3.8, 4) is 17.2 Å². The molecule has 0 amide bonds. The van der Waals surface area contributed by atoms with Crippen LogP contribution in [0.4, 0.5) is 0 Å². The first kappa shape index (κ1) is 9.35. The topological polar surface area (TPSA) is 49.6 Å². The van der Waals surface area contributed by atoms with Crippen LogP contribution in [0.2, 0.25) is 0 Å². The third-order valence-corrected chi connectivity index (χ3v) is 2.22. The summed E-state index contributed by atoms with van der Waals surface area (Å²) in [7, 11) is 0. The normalized spacial score (nSPS) is 9.60. The number of pyridine rings is 2. The summed E-state index contributed by atoms with van der Waals surface area (Å²) in [6, 6.07) is 7.76. The minimum Gasteiger partial charge on any atom is -0.265 e. The minimum absolute atomic E-state index is 0.615. The van der Waals surface area contributed by atoms with Crippen molar-refractivity contribution in [3.05, 3.63) is 48.0 Å².